The molecule has 0 aliphatic carbocycles. The van der Waals surface area contributed by atoms with Crippen LogP contribution in [0.25, 0.3) is 0 Å². The standard InChI is InChI=1S/C12H22N2/c1-3-9(2)14-11-5-4-6-12(14)8-10(13)7-11/h3,9-12H,1,4-8,13H2,2H3. The Kier molecular flexibility index (Phi) is 2.93. The predicted octanol–water partition coefficient (Wildman–Crippen LogP) is 1.91. The summed E-state index contributed by atoms with van der Waals surface area (Å²) in [5.74, 6) is 0. The first kappa shape index (κ1) is 10.2. The first-order valence-electron chi connectivity index (χ1n) is 5.88. The zero-order valence-electron chi connectivity index (χ0n) is 9.15. The molecule has 0 saturated carbocycles. The summed E-state index contributed by atoms with van der Waals surface area (Å²) in [7, 11) is 0. The monoisotopic (exact) mass is 194 g/mol. The van der Waals surface area contributed by atoms with E-state index < -0.39 is 0 Å². The van der Waals surface area contributed by atoms with Gasteiger partial charge in [-0.15, -0.1) is 6.58 Å². The maximum absolute atomic E-state index is 6.08. The van der Waals surface area contributed by atoms with Gasteiger partial charge in [0, 0.05) is 24.2 Å². The molecule has 3 unspecified atom stereocenters. The minimum Gasteiger partial charge on any atom is -0.328 e. The summed E-state index contributed by atoms with van der Waals surface area (Å²) < 4.78 is 0. The van der Waals surface area contributed by atoms with E-state index in [2.05, 4.69) is 24.5 Å². The largest absolute Gasteiger partial charge is 0.328 e. The average Bonchev–Trinajstić information content (AvgIpc) is 2.15. The van der Waals surface area contributed by atoms with Crippen LogP contribution in [0.4, 0.5) is 0 Å². The predicted molar refractivity (Wildman–Crippen MR) is 60.1 cm³/mol. The Hall–Kier alpha value is -0.340. The second-order valence-electron chi connectivity index (χ2n) is 4.89. The van der Waals surface area contributed by atoms with Crippen LogP contribution in [0.15, 0.2) is 12.7 Å². The van der Waals surface area contributed by atoms with Crippen LogP contribution in [-0.2, 0) is 0 Å². The Labute approximate surface area is 87.2 Å². The van der Waals surface area contributed by atoms with Gasteiger partial charge in [0.25, 0.3) is 0 Å². The molecule has 0 aromatic rings. The van der Waals surface area contributed by atoms with E-state index in [4.69, 9.17) is 5.73 Å². The third kappa shape index (κ3) is 1.73. The highest BCUT2D eigenvalue weighted by Gasteiger charge is 2.38. The van der Waals surface area contributed by atoms with Crippen LogP contribution in [-0.4, -0.2) is 29.1 Å². The van der Waals surface area contributed by atoms with Crippen molar-refractivity contribution in [1.82, 2.24) is 4.90 Å². The highest BCUT2D eigenvalue weighted by molar-refractivity contribution is 4.99. The lowest BCUT2D eigenvalue weighted by Gasteiger charge is -2.50. The fourth-order valence-corrected chi connectivity index (χ4v) is 3.25. The van der Waals surface area contributed by atoms with E-state index in [9.17, 15) is 0 Å². The smallest absolute Gasteiger partial charge is 0.0253 e. The summed E-state index contributed by atoms with van der Waals surface area (Å²) in [5.41, 5.74) is 6.08. The van der Waals surface area contributed by atoms with E-state index in [0.29, 0.717) is 12.1 Å². The van der Waals surface area contributed by atoms with Crippen LogP contribution in [0.3, 0.4) is 0 Å². The molecule has 0 spiro atoms. The van der Waals surface area contributed by atoms with Crippen molar-refractivity contribution in [2.45, 2.75) is 63.2 Å². The number of hydrogen-bond donors (Lipinski definition) is 1. The van der Waals surface area contributed by atoms with Crippen LogP contribution >= 0.6 is 0 Å². The molecule has 0 amide bonds. The van der Waals surface area contributed by atoms with Crippen LogP contribution in [0, 0.1) is 0 Å². The molecule has 0 radical (unpaired) electrons. The first-order chi connectivity index (χ1) is 6.72. The minimum absolute atomic E-state index is 0.443. The van der Waals surface area contributed by atoms with E-state index in [1.165, 1.54) is 32.1 Å². The first-order valence-corrected chi connectivity index (χ1v) is 5.88. The number of hydrogen-bond acceptors (Lipinski definition) is 2. The zero-order valence-corrected chi connectivity index (χ0v) is 9.15. The molecule has 2 nitrogen and oxygen atoms in total. The highest BCUT2D eigenvalue weighted by Crippen LogP contribution is 2.34. The number of rotatable bonds is 2. The van der Waals surface area contributed by atoms with Crippen molar-refractivity contribution < 1.29 is 0 Å². The molecule has 0 aromatic carbocycles. The van der Waals surface area contributed by atoms with Gasteiger partial charge in [-0.2, -0.15) is 0 Å². The zero-order chi connectivity index (χ0) is 10.1. The third-order valence-corrected chi connectivity index (χ3v) is 3.88. The normalized spacial score (nSPS) is 40.6. The molecule has 2 rings (SSSR count). The van der Waals surface area contributed by atoms with Gasteiger partial charge in [-0.25, -0.2) is 0 Å². The molecule has 2 heterocycles. The lowest BCUT2D eigenvalue weighted by atomic mass is 9.81. The van der Waals surface area contributed by atoms with Crippen LogP contribution < -0.4 is 5.73 Å². The number of fused-ring (bicyclic) bond motifs is 2. The van der Waals surface area contributed by atoms with Gasteiger partial charge in [-0.1, -0.05) is 12.5 Å². The van der Waals surface area contributed by atoms with Gasteiger partial charge in [-0.3, -0.25) is 4.90 Å². The molecule has 2 heteroatoms. The van der Waals surface area contributed by atoms with E-state index in [0.717, 1.165) is 12.1 Å². The van der Waals surface area contributed by atoms with Crippen molar-refractivity contribution in [2.75, 3.05) is 0 Å². The van der Waals surface area contributed by atoms with Crippen LogP contribution in [0.1, 0.15) is 39.0 Å². The van der Waals surface area contributed by atoms with Gasteiger partial charge in [0.1, 0.15) is 0 Å². The molecular weight excluding hydrogens is 172 g/mol. The van der Waals surface area contributed by atoms with Gasteiger partial charge in [0.05, 0.1) is 0 Å². The Morgan fingerprint density at radius 2 is 1.93 bits per heavy atom. The highest BCUT2D eigenvalue weighted by atomic mass is 15.2. The second kappa shape index (κ2) is 4.03. The molecule has 3 atom stereocenters. The third-order valence-electron chi connectivity index (χ3n) is 3.88. The Balaban J connectivity index is 2.12. The van der Waals surface area contributed by atoms with E-state index in [-0.39, 0.29) is 0 Å². The maximum atomic E-state index is 6.08. The Morgan fingerprint density at radius 3 is 2.43 bits per heavy atom. The minimum atomic E-state index is 0.443. The van der Waals surface area contributed by atoms with Crippen LogP contribution in [0.5, 0.6) is 0 Å². The number of nitrogens with two attached hydrogens (primary N) is 1. The summed E-state index contributed by atoms with van der Waals surface area (Å²) in [5, 5.41) is 0. The Morgan fingerprint density at radius 1 is 1.36 bits per heavy atom. The van der Waals surface area contributed by atoms with Gasteiger partial charge in [-0.05, 0) is 32.6 Å². The fourth-order valence-electron chi connectivity index (χ4n) is 3.25. The molecule has 2 N–H and O–H groups in total. The second-order valence-corrected chi connectivity index (χ2v) is 4.89. The lowest BCUT2D eigenvalue weighted by molar-refractivity contribution is 0.0148. The summed E-state index contributed by atoms with van der Waals surface area (Å²) in [6, 6.07) is 2.42. The summed E-state index contributed by atoms with van der Waals surface area (Å²) in [6.45, 7) is 6.17. The average molecular weight is 194 g/mol. The van der Waals surface area contributed by atoms with Crippen molar-refractivity contribution in [3.63, 3.8) is 0 Å². The number of nitrogens with zero attached hydrogens (tertiary/aromatic N) is 1. The van der Waals surface area contributed by atoms with Gasteiger partial charge in [0.2, 0.25) is 0 Å². The maximum Gasteiger partial charge on any atom is 0.0253 e. The van der Waals surface area contributed by atoms with E-state index in [1.807, 2.05) is 0 Å². The number of piperidine rings is 2. The van der Waals surface area contributed by atoms with E-state index in [1.54, 1.807) is 0 Å². The summed E-state index contributed by atoms with van der Waals surface area (Å²) >= 11 is 0. The SMILES string of the molecule is C=CC(C)N1C2CCCC1CC(N)C2. The molecule has 2 bridgehead atoms. The molecule has 2 fully saturated rings. The van der Waals surface area contributed by atoms with Gasteiger partial charge in [0.15, 0.2) is 0 Å². The fraction of sp³-hybridized carbons (Fsp3) is 0.833. The molecule has 0 aromatic heterocycles. The summed E-state index contributed by atoms with van der Waals surface area (Å²) in [6.07, 6.45) is 8.51. The quantitative estimate of drug-likeness (QED) is 0.680. The molecule has 80 valence electrons. The van der Waals surface area contributed by atoms with Crippen molar-refractivity contribution in [3.05, 3.63) is 12.7 Å². The molecular formula is C12H22N2. The molecule has 2 aliphatic heterocycles. The topological polar surface area (TPSA) is 29.3 Å². The van der Waals surface area contributed by atoms with Crippen molar-refractivity contribution in [3.8, 4) is 0 Å². The van der Waals surface area contributed by atoms with Crippen molar-refractivity contribution >= 4 is 0 Å². The Bertz CT molecular complexity index is 200. The molecule has 2 saturated heterocycles. The van der Waals surface area contributed by atoms with Gasteiger partial charge >= 0.3 is 0 Å². The molecule has 14 heavy (non-hydrogen) atoms. The lowest BCUT2D eigenvalue weighted by Crippen LogP contribution is -2.57. The summed E-state index contributed by atoms with van der Waals surface area (Å²) in [4.78, 5) is 2.65. The van der Waals surface area contributed by atoms with Crippen LogP contribution in [0.2, 0.25) is 0 Å². The van der Waals surface area contributed by atoms with E-state index >= 15 is 0 Å². The van der Waals surface area contributed by atoms with Crippen molar-refractivity contribution in [1.29, 1.82) is 0 Å². The molecule has 2 aliphatic rings. The van der Waals surface area contributed by atoms with Gasteiger partial charge < -0.3 is 5.73 Å². The van der Waals surface area contributed by atoms with Crippen molar-refractivity contribution in [2.24, 2.45) is 5.73 Å².